The smallest absolute Gasteiger partial charge is 0.364 e. The van der Waals surface area contributed by atoms with Crippen LogP contribution in [0.4, 0.5) is 19.0 Å². The van der Waals surface area contributed by atoms with Crippen LogP contribution in [0.1, 0.15) is 11.3 Å². The Bertz CT molecular complexity index is 560. The van der Waals surface area contributed by atoms with Crippen LogP contribution in [-0.4, -0.2) is 15.0 Å². The lowest BCUT2D eigenvalue weighted by molar-refractivity contribution is -0.137. The summed E-state index contributed by atoms with van der Waals surface area (Å²) in [5, 5.41) is 2.51. The van der Waals surface area contributed by atoms with Crippen molar-refractivity contribution in [3.8, 4) is 0 Å². The molecule has 0 bridgehead atoms. The summed E-state index contributed by atoms with van der Waals surface area (Å²) in [4.78, 5) is 11.4. The van der Waals surface area contributed by atoms with E-state index in [1.54, 1.807) is 6.07 Å². The Morgan fingerprint density at radius 1 is 1.26 bits per heavy atom. The number of nitrogens with one attached hydrogen (secondary N) is 1. The van der Waals surface area contributed by atoms with Crippen LogP contribution in [0.3, 0.4) is 0 Å². The highest BCUT2D eigenvalue weighted by molar-refractivity contribution is 6.29. The average molecular weight is 289 g/mol. The summed E-state index contributed by atoms with van der Waals surface area (Å²) in [5.74, 6) is 0.0402. The second kappa shape index (κ2) is 5.40. The molecule has 19 heavy (non-hydrogen) atoms. The molecule has 8 heteroatoms. The summed E-state index contributed by atoms with van der Waals surface area (Å²) in [6, 6.07) is 3.31. The number of alkyl halides is 3. The molecule has 0 saturated heterocycles. The van der Waals surface area contributed by atoms with E-state index in [9.17, 15) is 13.2 Å². The van der Waals surface area contributed by atoms with Crippen molar-refractivity contribution in [3.63, 3.8) is 0 Å². The number of hydrogen-bond donors (Lipinski definition) is 1. The van der Waals surface area contributed by atoms with Gasteiger partial charge in [-0.05, 0) is 18.2 Å². The van der Waals surface area contributed by atoms with Crippen molar-refractivity contribution in [2.45, 2.75) is 12.7 Å². The van der Waals surface area contributed by atoms with Gasteiger partial charge in [-0.15, -0.1) is 0 Å². The number of hydrogen-bond acceptors (Lipinski definition) is 4. The average Bonchev–Trinajstić information content (AvgIpc) is 2.36. The van der Waals surface area contributed by atoms with Crippen LogP contribution in [-0.2, 0) is 12.7 Å². The maximum absolute atomic E-state index is 12.6. The van der Waals surface area contributed by atoms with E-state index in [4.69, 9.17) is 11.6 Å². The van der Waals surface area contributed by atoms with Crippen molar-refractivity contribution < 1.29 is 13.2 Å². The molecule has 1 N–H and O–H groups in total. The lowest BCUT2D eigenvalue weighted by Gasteiger charge is -2.10. The molecule has 2 rings (SSSR count). The first-order chi connectivity index (χ1) is 8.95. The van der Waals surface area contributed by atoms with Gasteiger partial charge in [-0.2, -0.15) is 13.2 Å². The predicted octanol–water partition coefficient (Wildman–Crippen LogP) is 3.16. The summed E-state index contributed by atoms with van der Waals surface area (Å²) in [6.07, 6.45) is -1.57. The molecule has 0 aliphatic rings. The summed E-state index contributed by atoms with van der Waals surface area (Å²) in [6.45, 7) is 0.229. The normalized spacial score (nSPS) is 11.4. The van der Waals surface area contributed by atoms with Crippen molar-refractivity contribution in [3.05, 3.63) is 47.1 Å². The van der Waals surface area contributed by atoms with E-state index >= 15 is 0 Å². The third-order valence-corrected chi connectivity index (χ3v) is 2.41. The third-order valence-electron chi connectivity index (χ3n) is 2.22. The van der Waals surface area contributed by atoms with E-state index in [0.717, 1.165) is 12.1 Å². The fourth-order valence-corrected chi connectivity index (χ4v) is 1.56. The Labute approximate surface area is 111 Å². The van der Waals surface area contributed by atoms with Gasteiger partial charge in [0.2, 0.25) is 0 Å². The third kappa shape index (κ3) is 3.78. The molecule has 0 amide bonds. The zero-order valence-corrected chi connectivity index (χ0v) is 10.2. The standard InChI is InChI=1S/C11H8ClF3N4/c12-9-3-7(11(13,14)15)4-10(19-9)17-5-8-1-2-16-6-18-8/h1-4,6H,5H2,(H,17,19). The van der Waals surface area contributed by atoms with E-state index in [0.29, 0.717) is 5.69 Å². The van der Waals surface area contributed by atoms with Crippen LogP contribution in [0.5, 0.6) is 0 Å². The Hall–Kier alpha value is -1.89. The maximum Gasteiger partial charge on any atom is 0.416 e. The number of nitrogens with zero attached hydrogens (tertiary/aromatic N) is 3. The minimum atomic E-state index is -4.46. The molecule has 0 unspecified atom stereocenters. The molecule has 2 aromatic rings. The predicted molar refractivity (Wildman–Crippen MR) is 63.6 cm³/mol. The Morgan fingerprint density at radius 3 is 2.68 bits per heavy atom. The Balaban J connectivity index is 2.15. The molecule has 0 aliphatic carbocycles. The van der Waals surface area contributed by atoms with Crippen molar-refractivity contribution in [1.82, 2.24) is 15.0 Å². The van der Waals surface area contributed by atoms with E-state index in [2.05, 4.69) is 20.3 Å². The first kappa shape index (κ1) is 13.5. The van der Waals surface area contributed by atoms with Gasteiger partial charge in [0.1, 0.15) is 17.3 Å². The van der Waals surface area contributed by atoms with Crippen molar-refractivity contribution in [2.24, 2.45) is 0 Å². The van der Waals surface area contributed by atoms with Crippen molar-refractivity contribution in [1.29, 1.82) is 0 Å². The minimum Gasteiger partial charge on any atom is -0.364 e. The molecular formula is C11H8ClF3N4. The number of aromatic nitrogens is 3. The molecule has 0 saturated carbocycles. The number of halogens is 4. The first-order valence-corrected chi connectivity index (χ1v) is 5.56. The first-order valence-electron chi connectivity index (χ1n) is 5.19. The van der Waals surface area contributed by atoms with Gasteiger partial charge in [0.15, 0.2) is 0 Å². The van der Waals surface area contributed by atoms with Gasteiger partial charge in [-0.1, -0.05) is 11.6 Å². The second-order valence-electron chi connectivity index (χ2n) is 3.62. The number of pyridine rings is 1. The van der Waals surface area contributed by atoms with Gasteiger partial charge in [-0.25, -0.2) is 15.0 Å². The molecule has 0 aliphatic heterocycles. The topological polar surface area (TPSA) is 50.7 Å². The van der Waals surface area contributed by atoms with Crippen LogP contribution in [0.2, 0.25) is 5.15 Å². The highest BCUT2D eigenvalue weighted by atomic mass is 35.5. The van der Waals surface area contributed by atoms with Gasteiger partial charge < -0.3 is 5.32 Å². The van der Waals surface area contributed by atoms with E-state index < -0.39 is 11.7 Å². The molecule has 2 heterocycles. The van der Waals surface area contributed by atoms with Gasteiger partial charge >= 0.3 is 6.18 Å². The van der Waals surface area contributed by atoms with Gasteiger partial charge in [-0.3, -0.25) is 0 Å². The van der Waals surface area contributed by atoms with Gasteiger partial charge in [0.05, 0.1) is 17.8 Å². The van der Waals surface area contributed by atoms with Gasteiger partial charge in [0, 0.05) is 6.20 Å². The fraction of sp³-hybridized carbons (Fsp3) is 0.182. The zero-order valence-electron chi connectivity index (χ0n) is 9.45. The van der Waals surface area contributed by atoms with Crippen molar-refractivity contribution >= 4 is 17.4 Å². The minimum absolute atomic E-state index is 0.0402. The summed E-state index contributed by atoms with van der Waals surface area (Å²) in [5.41, 5.74) is -0.219. The second-order valence-corrected chi connectivity index (χ2v) is 4.00. The Kier molecular flexibility index (Phi) is 3.84. The SMILES string of the molecule is FC(F)(F)c1cc(Cl)nc(NCc2ccncn2)c1. The van der Waals surface area contributed by atoms with Crippen LogP contribution in [0.15, 0.2) is 30.7 Å². The van der Waals surface area contributed by atoms with Crippen LogP contribution in [0, 0.1) is 0 Å². The molecule has 100 valence electrons. The zero-order chi connectivity index (χ0) is 13.9. The summed E-state index contributed by atoms with van der Waals surface area (Å²) in [7, 11) is 0. The summed E-state index contributed by atoms with van der Waals surface area (Å²) >= 11 is 5.56. The molecule has 0 radical (unpaired) electrons. The molecule has 0 aromatic carbocycles. The number of rotatable bonds is 3. The van der Waals surface area contributed by atoms with Crippen LogP contribution >= 0.6 is 11.6 Å². The van der Waals surface area contributed by atoms with E-state index in [-0.39, 0.29) is 17.5 Å². The number of anilines is 1. The molecule has 0 atom stereocenters. The van der Waals surface area contributed by atoms with Gasteiger partial charge in [0.25, 0.3) is 0 Å². The van der Waals surface area contributed by atoms with Crippen LogP contribution in [0.25, 0.3) is 0 Å². The molecular weight excluding hydrogens is 281 g/mol. The van der Waals surface area contributed by atoms with Crippen LogP contribution < -0.4 is 5.32 Å². The van der Waals surface area contributed by atoms with Crippen molar-refractivity contribution in [2.75, 3.05) is 5.32 Å². The Morgan fingerprint density at radius 2 is 2.05 bits per heavy atom. The molecule has 4 nitrogen and oxygen atoms in total. The quantitative estimate of drug-likeness (QED) is 0.882. The highest BCUT2D eigenvalue weighted by Crippen LogP contribution is 2.31. The lowest BCUT2D eigenvalue weighted by Crippen LogP contribution is -2.08. The molecule has 0 spiro atoms. The lowest BCUT2D eigenvalue weighted by atomic mass is 10.2. The molecule has 2 aromatic heterocycles. The van der Waals surface area contributed by atoms with E-state index in [1.807, 2.05) is 0 Å². The summed E-state index contributed by atoms with van der Waals surface area (Å²) < 4.78 is 37.7. The monoisotopic (exact) mass is 288 g/mol. The highest BCUT2D eigenvalue weighted by Gasteiger charge is 2.31. The molecule has 0 fully saturated rings. The fourth-order valence-electron chi connectivity index (χ4n) is 1.35. The maximum atomic E-state index is 12.6. The largest absolute Gasteiger partial charge is 0.416 e. The van der Waals surface area contributed by atoms with E-state index in [1.165, 1.54) is 12.5 Å².